The summed E-state index contributed by atoms with van der Waals surface area (Å²) >= 11 is 0. The van der Waals surface area contributed by atoms with Gasteiger partial charge < -0.3 is 9.80 Å². The van der Waals surface area contributed by atoms with Crippen molar-refractivity contribution in [1.82, 2.24) is 19.6 Å². The van der Waals surface area contributed by atoms with Crippen molar-refractivity contribution in [3.05, 3.63) is 22.6 Å². The molecule has 23 heavy (non-hydrogen) atoms. The molecule has 2 saturated heterocycles. The van der Waals surface area contributed by atoms with E-state index in [2.05, 4.69) is 33.8 Å². The van der Waals surface area contributed by atoms with E-state index < -0.39 is 0 Å². The van der Waals surface area contributed by atoms with Gasteiger partial charge in [-0.3, -0.25) is 9.69 Å². The van der Waals surface area contributed by atoms with E-state index in [0.29, 0.717) is 6.04 Å². The Morgan fingerprint density at radius 2 is 2.04 bits per heavy atom. The van der Waals surface area contributed by atoms with Crippen molar-refractivity contribution < 1.29 is 0 Å². The normalized spacial score (nSPS) is 24.1. The maximum absolute atomic E-state index is 12.5. The van der Waals surface area contributed by atoms with Crippen LogP contribution in [0.3, 0.4) is 0 Å². The number of likely N-dealkylation sites (tertiary alicyclic amines) is 1. The van der Waals surface area contributed by atoms with E-state index >= 15 is 0 Å². The van der Waals surface area contributed by atoms with Gasteiger partial charge in [0.2, 0.25) is 0 Å². The van der Waals surface area contributed by atoms with Crippen molar-refractivity contribution in [3.8, 4) is 0 Å². The Labute approximate surface area is 138 Å². The van der Waals surface area contributed by atoms with Gasteiger partial charge in [0.05, 0.1) is 18.4 Å². The minimum Gasteiger partial charge on any atom is -0.369 e. The summed E-state index contributed by atoms with van der Waals surface area (Å²) in [5.41, 5.74) is 1.00. The topological polar surface area (TPSA) is 44.6 Å². The highest BCUT2D eigenvalue weighted by molar-refractivity contribution is 5.43. The van der Waals surface area contributed by atoms with E-state index in [4.69, 9.17) is 0 Å². The molecule has 1 aromatic rings. The Bertz CT molecular complexity index is 572. The average molecular weight is 319 g/mol. The van der Waals surface area contributed by atoms with Crippen molar-refractivity contribution in [1.29, 1.82) is 0 Å². The predicted molar refractivity (Wildman–Crippen MR) is 93.1 cm³/mol. The number of nitrogens with zero attached hydrogens (tertiary/aromatic N) is 5. The molecular weight excluding hydrogens is 290 g/mol. The highest BCUT2D eigenvalue weighted by Gasteiger charge is 2.24. The standard InChI is InChI=1S/C17H29N5O/c1-3-20-8-4-6-15(20)14-22-17(23)12-16(13-18-22)21-9-5-7-19(2)10-11-21/h12-13,15H,3-11,14H2,1-2H3/t15-/m1/s1. The molecule has 0 bridgehead atoms. The first-order valence-corrected chi connectivity index (χ1v) is 8.92. The maximum Gasteiger partial charge on any atom is 0.268 e. The predicted octanol–water partition coefficient (Wildman–Crippen LogP) is 0.870. The van der Waals surface area contributed by atoms with Crippen LogP contribution in [0, 0.1) is 0 Å². The van der Waals surface area contributed by atoms with Crippen LogP contribution < -0.4 is 10.5 Å². The van der Waals surface area contributed by atoms with E-state index in [9.17, 15) is 4.79 Å². The Balaban J connectivity index is 1.69. The van der Waals surface area contributed by atoms with Gasteiger partial charge in [0.25, 0.3) is 5.56 Å². The summed E-state index contributed by atoms with van der Waals surface area (Å²) in [6.07, 6.45) is 5.40. The molecule has 0 unspecified atom stereocenters. The second kappa shape index (κ2) is 7.45. The third-order valence-electron chi connectivity index (χ3n) is 5.23. The maximum atomic E-state index is 12.5. The molecule has 1 atom stereocenters. The Morgan fingerprint density at radius 1 is 1.17 bits per heavy atom. The van der Waals surface area contributed by atoms with Crippen molar-refractivity contribution >= 4 is 5.69 Å². The van der Waals surface area contributed by atoms with E-state index in [1.165, 1.54) is 12.8 Å². The zero-order valence-corrected chi connectivity index (χ0v) is 14.4. The quantitative estimate of drug-likeness (QED) is 0.824. The lowest BCUT2D eigenvalue weighted by Gasteiger charge is -2.24. The van der Waals surface area contributed by atoms with Crippen molar-refractivity contribution in [2.24, 2.45) is 0 Å². The van der Waals surface area contributed by atoms with Crippen molar-refractivity contribution in [2.45, 2.75) is 38.8 Å². The van der Waals surface area contributed by atoms with Crippen LogP contribution in [0.1, 0.15) is 26.2 Å². The van der Waals surface area contributed by atoms with Crippen molar-refractivity contribution in [3.63, 3.8) is 0 Å². The van der Waals surface area contributed by atoms with Crippen LogP contribution in [0.25, 0.3) is 0 Å². The molecule has 6 nitrogen and oxygen atoms in total. The molecule has 0 amide bonds. The molecular formula is C17H29N5O. The lowest BCUT2D eigenvalue weighted by Crippen LogP contribution is -2.37. The van der Waals surface area contributed by atoms with Crippen molar-refractivity contribution in [2.75, 3.05) is 51.2 Å². The average Bonchev–Trinajstić information content (AvgIpc) is 2.88. The van der Waals surface area contributed by atoms with Gasteiger partial charge in [0.1, 0.15) is 0 Å². The van der Waals surface area contributed by atoms with Crippen LogP contribution in [0.2, 0.25) is 0 Å². The Hall–Kier alpha value is -1.40. The highest BCUT2D eigenvalue weighted by atomic mass is 16.1. The summed E-state index contributed by atoms with van der Waals surface area (Å²) in [6.45, 7) is 9.24. The van der Waals surface area contributed by atoms with Crippen LogP contribution in [0.4, 0.5) is 5.69 Å². The summed E-state index contributed by atoms with van der Waals surface area (Å²) in [6, 6.07) is 2.23. The van der Waals surface area contributed by atoms with Crippen LogP contribution in [-0.4, -0.2) is 71.9 Å². The summed E-state index contributed by atoms with van der Waals surface area (Å²) in [4.78, 5) is 19.5. The third-order valence-corrected chi connectivity index (χ3v) is 5.23. The summed E-state index contributed by atoms with van der Waals surface area (Å²) in [5.74, 6) is 0. The SMILES string of the molecule is CCN1CCC[C@@H]1Cn1ncc(N2CCCN(C)CC2)cc1=O. The molecule has 128 valence electrons. The minimum absolute atomic E-state index is 0.0306. The number of hydrogen-bond donors (Lipinski definition) is 0. The number of likely N-dealkylation sites (N-methyl/N-ethyl adjacent to an activating group) is 2. The Morgan fingerprint density at radius 3 is 2.83 bits per heavy atom. The lowest BCUT2D eigenvalue weighted by atomic mass is 10.2. The molecule has 0 aromatic carbocycles. The van der Waals surface area contributed by atoms with E-state index in [1.54, 1.807) is 10.7 Å². The lowest BCUT2D eigenvalue weighted by molar-refractivity contribution is 0.235. The first-order valence-electron chi connectivity index (χ1n) is 8.92. The van der Waals surface area contributed by atoms with Crippen LogP contribution in [0.15, 0.2) is 17.1 Å². The van der Waals surface area contributed by atoms with Gasteiger partial charge >= 0.3 is 0 Å². The molecule has 0 saturated carbocycles. The molecule has 0 radical (unpaired) electrons. The number of aromatic nitrogens is 2. The number of hydrogen-bond acceptors (Lipinski definition) is 5. The molecule has 3 heterocycles. The summed E-state index contributed by atoms with van der Waals surface area (Å²) < 4.78 is 1.64. The van der Waals surface area contributed by atoms with Gasteiger partial charge in [0.15, 0.2) is 0 Å². The molecule has 3 rings (SSSR count). The van der Waals surface area contributed by atoms with Crippen LogP contribution in [0.5, 0.6) is 0 Å². The zero-order chi connectivity index (χ0) is 16.2. The molecule has 2 fully saturated rings. The first kappa shape index (κ1) is 16.5. The zero-order valence-electron chi connectivity index (χ0n) is 14.4. The fraction of sp³-hybridized carbons (Fsp3) is 0.765. The van der Waals surface area contributed by atoms with E-state index in [1.807, 2.05) is 6.20 Å². The van der Waals surface area contributed by atoms with Gasteiger partial charge in [-0.25, -0.2) is 4.68 Å². The molecule has 0 N–H and O–H groups in total. The second-order valence-corrected chi connectivity index (χ2v) is 6.80. The number of rotatable bonds is 4. The first-order chi connectivity index (χ1) is 11.2. The van der Waals surface area contributed by atoms with E-state index in [0.717, 1.165) is 57.9 Å². The smallest absolute Gasteiger partial charge is 0.268 e. The summed E-state index contributed by atoms with van der Waals surface area (Å²) in [5, 5.41) is 4.46. The van der Waals surface area contributed by atoms with Crippen LogP contribution in [-0.2, 0) is 6.54 Å². The molecule has 0 spiro atoms. The highest BCUT2D eigenvalue weighted by Crippen LogP contribution is 2.18. The van der Waals surface area contributed by atoms with Crippen LogP contribution >= 0.6 is 0 Å². The molecule has 2 aliphatic rings. The molecule has 0 aliphatic carbocycles. The molecule has 6 heteroatoms. The largest absolute Gasteiger partial charge is 0.369 e. The molecule has 1 aromatic heterocycles. The Kier molecular flexibility index (Phi) is 5.33. The molecule has 2 aliphatic heterocycles. The number of anilines is 1. The van der Waals surface area contributed by atoms with E-state index in [-0.39, 0.29) is 5.56 Å². The monoisotopic (exact) mass is 319 g/mol. The van der Waals surface area contributed by atoms with Gasteiger partial charge in [-0.2, -0.15) is 5.10 Å². The van der Waals surface area contributed by atoms with Gasteiger partial charge in [-0.05, 0) is 45.9 Å². The fourth-order valence-electron chi connectivity index (χ4n) is 3.76. The minimum atomic E-state index is 0.0306. The van der Waals surface area contributed by atoms with Gasteiger partial charge in [-0.1, -0.05) is 6.92 Å². The third kappa shape index (κ3) is 3.93. The second-order valence-electron chi connectivity index (χ2n) is 6.80. The fourth-order valence-corrected chi connectivity index (χ4v) is 3.76. The summed E-state index contributed by atoms with van der Waals surface area (Å²) in [7, 11) is 2.15. The van der Waals surface area contributed by atoms with Gasteiger partial charge in [-0.15, -0.1) is 0 Å². The van der Waals surface area contributed by atoms with Gasteiger partial charge in [0, 0.05) is 31.7 Å².